The first-order valence-corrected chi connectivity index (χ1v) is 3.19. The molecule has 1 radical (unpaired) electrons. The lowest BCUT2D eigenvalue weighted by Crippen LogP contribution is -1.78. The van der Waals surface area contributed by atoms with E-state index in [0.717, 1.165) is 9.23 Å². The van der Waals surface area contributed by atoms with Crippen molar-refractivity contribution in [2.45, 2.75) is 0 Å². The third-order valence-electron chi connectivity index (χ3n) is 0.479. The van der Waals surface area contributed by atoms with E-state index in [2.05, 4.69) is 42.4 Å². The van der Waals surface area contributed by atoms with E-state index >= 15 is 0 Å². The van der Waals surface area contributed by atoms with Gasteiger partial charge in [0.1, 0.15) is 9.23 Å². The van der Waals surface area contributed by atoms with Crippen LogP contribution in [0.1, 0.15) is 0 Å². The van der Waals surface area contributed by atoms with E-state index in [1.165, 1.54) is 0 Å². The Bertz CT molecular complexity index is 138. The Morgan fingerprint density at radius 3 is 2.29 bits per heavy atom. The Hall–Kier alpha value is 0.170. The summed E-state index contributed by atoms with van der Waals surface area (Å²) < 4.78 is 1.53. The van der Waals surface area contributed by atoms with E-state index in [4.69, 9.17) is 0 Å². The van der Waals surface area contributed by atoms with Crippen LogP contribution in [0.25, 0.3) is 0 Å². The maximum atomic E-state index is 3.64. The van der Waals surface area contributed by atoms with Gasteiger partial charge in [-0.15, -0.1) is 10.5 Å². The van der Waals surface area contributed by atoms with Gasteiger partial charge >= 0.3 is 0 Å². The van der Waals surface area contributed by atoms with Crippen molar-refractivity contribution in [3.05, 3.63) is 10.7 Å². The average molecular weight is 225 g/mol. The van der Waals surface area contributed by atoms with Crippen molar-refractivity contribution in [2.75, 3.05) is 0 Å². The molecule has 0 spiro atoms. The second-order valence-corrected chi connectivity index (χ2v) is 2.61. The highest BCUT2D eigenvalue weighted by atomic mass is 79.9. The van der Waals surface area contributed by atoms with Gasteiger partial charge in [-0.1, -0.05) is 0 Å². The van der Waals surface area contributed by atoms with E-state index in [1.54, 1.807) is 6.08 Å². The van der Waals surface area contributed by atoms with Crippen molar-refractivity contribution in [3.63, 3.8) is 0 Å². The molecule has 0 aliphatic carbocycles. The summed E-state index contributed by atoms with van der Waals surface area (Å²) in [6.07, 6.45) is 1.78. The molecule has 1 heterocycles. The van der Waals surface area contributed by atoms with Gasteiger partial charge in [0.15, 0.2) is 0 Å². The Morgan fingerprint density at radius 2 is 2.14 bits per heavy atom. The molecule has 0 fully saturated rings. The van der Waals surface area contributed by atoms with Crippen molar-refractivity contribution in [2.24, 2.45) is 5.10 Å². The molecule has 7 heavy (non-hydrogen) atoms. The second kappa shape index (κ2) is 1.96. The summed E-state index contributed by atoms with van der Waals surface area (Å²) in [5.41, 5.74) is 3.64. The lowest BCUT2D eigenvalue weighted by Gasteiger charge is -1.75. The van der Waals surface area contributed by atoms with Crippen molar-refractivity contribution >= 4 is 36.5 Å². The minimum atomic E-state index is 0.763. The highest BCUT2D eigenvalue weighted by Gasteiger charge is 2.00. The van der Waals surface area contributed by atoms with E-state index in [0.29, 0.717) is 0 Å². The van der Waals surface area contributed by atoms with E-state index in [-0.39, 0.29) is 0 Å². The van der Waals surface area contributed by atoms with Gasteiger partial charge in [-0.2, -0.15) is 0 Å². The van der Waals surface area contributed by atoms with Crippen LogP contribution in [0.3, 0.4) is 0 Å². The molecule has 1 aliphatic rings. The molecule has 2 nitrogen and oxygen atoms in total. The van der Waals surface area contributed by atoms with Crippen LogP contribution in [0, 0.1) is 0 Å². The molecule has 0 saturated heterocycles. The fraction of sp³-hybridized carbons (Fsp3) is 0. The molecule has 0 unspecified atom stereocenters. The molecule has 37 valence electrons. The Labute approximate surface area is 57.9 Å². The van der Waals surface area contributed by atoms with E-state index < -0.39 is 0 Å². The summed E-state index contributed by atoms with van der Waals surface area (Å²) in [4.78, 5) is 0. The zero-order valence-corrected chi connectivity index (χ0v) is 6.40. The van der Waals surface area contributed by atoms with Crippen molar-refractivity contribution < 1.29 is 0 Å². The minimum absolute atomic E-state index is 0.763. The maximum absolute atomic E-state index is 3.64. The molecular weight excluding hydrogens is 224 g/mol. The summed E-state index contributed by atoms with van der Waals surface area (Å²) in [5.74, 6) is 0. The topological polar surface area (TPSA) is 26.5 Å². The van der Waals surface area contributed by atoms with Crippen LogP contribution in [0.2, 0.25) is 0 Å². The summed E-state index contributed by atoms with van der Waals surface area (Å²) in [6.45, 7) is 0. The molecule has 0 aromatic heterocycles. The van der Waals surface area contributed by atoms with Crippen molar-refractivity contribution in [1.82, 2.24) is 5.43 Å². The standard InChI is InChI=1S/C3HBr2N2/c4-2-1-3(5)7-6-2/h1H. The summed E-state index contributed by atoms with van der Waals surface area (Å²) in [7, 11) is 0. The Kier molecular flexibility index (Phi) is 1.49. The highest BCUT2D eigenvalue weighted by molar-refractivity contribution is 9.18. The fourth-order valence-corrected chi connectivity index (χ4v) is 1.15. The van der Waals surface area contributed by atoms with Crippen molar-refractivity contribution in [1.29, 1.82) is 0 Å². The molecule has 0 atom stereocenters. The van der Waals surface area contributed by atoms with Gasteiger partial charge in [-0.3, -0.25) is 0 Å². The number of hydrogen-bond acceptors (Lipinski definition) is 1. The molecule has 1 aliphatic heterocycles. The SMILES string of the molecule is BrC1=CC(Br)=N[N]1. The zero-order chi connectivity index (χ0) is 5.28. The summed E-state index contributed by atoms with van der Waals surface area (Å²) >= 11 is 6.26. The summed E-state index contributed by atoms with van der Waals surface area (Å²) in [5, 5.41) is 3.64. The molecule has 1 rings (SSSR count). The van der Waals surface area contributed by atoms with Crippen LogP contribution in [-0.4, -0.2) is 4.62 Å². The molecule has 4 heteroatoms. The molecule has 0 aromatic rings. The Morgan fingerprint density at radius 1 is 1.43 bits per heavy atom. The smallest absolute Gasteiger partial charge is 0.131 e. The maximum Gasteiger partial charge on any atom is 0.131 e. The zero-order valence-electron chi connectivity index (χ0n) is 3.23. The predicted molar refractivity (Wildman–Crippen MR) is 35.5 cm³/mol. The van der Waals surface area contributed by atoms with Crippen LogP contribution in [0.15, 0.2) is 15.8 Å². The quantitative estimate of drug-likeness (QED) is 0.559. The lowest BCUT2D eigenvalue weighted by atomic mass is 10.7. The normalized spacial score (nSPS) is 18.0. The first-order valence-electron chi connectivity index (χ1n) is 1.60. The first kappa shape index (κ1) is 5.31. The monoisotopic (exact) mass is 223 g/mol. The van der Waals surface area contributed by atoms with Crippen LogP contribution in [0.4, 0.5) is 0 Å². The van der Waals surface area contributed by atoms with Gasteiger partial charge in [0.2, 0.25) is 0 Å². The highest BCUT2D eigenvalue weighted by Crippen LogP contribution is 2.10. The molecular formula is C3HBr2N2. The van der Waals surface area contributed by atoms with Gasteiger partial charge in [-0.05, 0) is 31.9 Å². The van der Waals surface area contributed by atoms with Crippen LogP contribution in [0.5, 0.6) is 0 Å². The van der Waals surface area contributed by atoms with Gasteiger partial charge in [-0.25, -0.2) is 0 Å². The van der Waals surface area contributed by atoms with Crippen molar-refractivity contribution in [3.8, 4) is 0 Å². The van der Waals surface area contributed by atoms with Gasteiger partial charge in [0, 0.05) is 6.08 Å². The largest absolute Gasteiger partial charge is 0.142 e. The predicted octanol–water partition coefficient (Wildman–Crippen LogP) is 1.55. The third kappa shape index (κ3) is 1.28. The van der Waals surface area contributed by atoms with Crippen LogP contribution >= 0.6 is 31.9 Å². The fourth-order valence-electron chi connectivity index (χ4n) is 0.252. The third-order valence-corrected chi connectivity index (χ3v) is 1.25. The average Bonchev–Trinajstić information content (AvgIpc) is 1.87. The summed E-state index contributed by atoms with van der Waals surface area (Å²) in [6, 6.07) is 0. The molecule has 0 aromatic carbocycles. The molecule has 0 N–H and O–H groups in total. The van der Waals surface area contributed by atoms with E-state index in [1.807, 2.05) is 0 Å². The van der Waals surface area contributed by atoms with E-state index in [9.17, 15) is 0 Å². The number of nitrogens with zero attached hydrogens (tertiary/aromatic N) is 2. The molecule has 0 amide bonds. The molecule has 0 saturated carbocycles. The lowest BCUT2D eigenvalue weighted by molar-refractivity contribution is 0.963. The number of rotatable bonds is 0. The number of allylic oxidation sites excluding steroid dienone is 1. The van der Waals surface area contributed by atoms with Crippen LogP contribution < -0.4 is 5.43 Å². The van der Waals surface area contributed by atoms with Crippen LogP contribution in [-0.2, 0) is 0 Å². The van der Waals surface area contributed by atoms with Gasteiger partial charge < -0.3 is 0 Å². The first-order chi connectivity index (χ1) is 3.29. The Balaban J connectivity index is 2.69. The molecule has 0 bridgehead atoms. The number of halogens is 2. The second-order valence-electron chi connectivity index (χ2n) is 0.990. The van der Waals surface area contributed by atoms with Gasteiger partial charge in [0.05, 0.1) is 0 Å². The number of hydrogen-bond donors (Lipinski definition) is 0. The minimum Gasteiger partial charge on any atom is -0.142 e. The van der Waals surface area contributed by atoms with Gasteiger partial charge in [0.25, 0.3) is 0 Å².